The summed E-state index contributed by atoms with van der Waals surface area (Å²) in [5.41, 5.74) is 0.159. The van der Waals surface area contributed by atoms with Crippen molar-refractivity contribution in [2.24, 2.45) is 0 Å². The maximum absolute atomic E-state index is 12.2. The fourth-order valence-electron chi connectivity index (χ4n) is 2.06. The lowest BCUT2D eigenvalue weighted by Crippen LogP contribution is -2.26. The van der Waals surface area contributed by atoms with Gasteiger partial charge in [0.1, 0.15) is 31.7 Å². The van der Waals surface area contributed by atoms with Gasteiger partial charge in [-0.1, -0.05) is 43.0 Å². The van der Waals surface area contributed by atoms with Crippen molar-refractivity contribution in [1.82, 2.24) is 0 Å². The van der Waals surface area contributed by atoms with Gasteiger partial charge >= 0.3 is 11.9 Å². The van der Waals surface area contributed by atoms with Crippen LogP contribution in [-0.4, -0.2) is 43.0 Å². The van der Waals surface area contributed by atoms with Crippen molar-refractivity contribution in [3.05, 3.63) is 78.4 Å². The molecule has 0 bridgehead atoms. The molecule has 26 heavy (non-hydrogen) atoms. The summed E-state index contributed by atoms with van der Waals surface area (Å²) >= 11 is 0. The number of aliphatic hydroxyl groups is 1. The molecule has 0 aromatic heterocycles. The highest BCUT2D eigenvalue weighted by atomic mass is 16.6. The van der Waals surface area contributed by atoms with Crippen LogP contribution in [0, 0.1) is 0 Å². The van der Waals surface area contributed by atoms with Crippen LogP contribution in [-0.2, 0) is 9.47 Å². The lowest BCUT2D eigenvalue weighted by atomic mass is 10.1. The van der Waals surface area contributed by atoms with E-state index in [2.05, 4.69) is 6.58 Å². The third-order valence-electron chi connectivity index (χ3n) is 3.29. The Hall–Kier alpha value is -3.12. The molecule has 0 saturated carbocycles. The van der Waals surface area contributed by atoms with Crippen molar-refractivity contribution >= 4 is 11.9 Å². The van der Waals surface area contributed by atoms with Gasteiger partial charge in [-0.25, -0.2) is 9.59 Å². The van der Waals surface area contributed by atoms with Crippen molar-refractivity contribution in [1.29, 1.82) is 0 Å². The van der Waals surface area contributed by atoms with Gasteiger partial charge in [0.25, 0.3) is 0 Å². The summed E-state index contributed by atoms with van der Waals surface area (Å²) in [5.74, 6) is -0.770. The number of ether oxygens (including phenoxy) is 3. The molecule has 0 aliphatic rings. The van der Waals surface area contributed by atoms with E-state index < -0.39 is 18.0 Å². The van der Waals surface area contributed by atoms with Gasteiger partial charge < -0.3 is 19.3 Å². The van der Waals surface area contributed by atoms with Crippen molar-refractivity contribution in [2.75, 3.05) is 19.8 Å². The summed E-state index contributed by atoms with van der Waals surface area (Å²) in [7, 11) is 0. The van der Waals surface area contributed by atoms with Crippen LogP contribution >= 0.6 is 0 Å². The average Bonchev–Trinajstić information content (AvgIpc) is 2.69. The van der Waals surface area contributed by atoms with E-state index in [1.807, 2.05) is 18.2 Å². The van der Waals surface area contributed by atoms with Gasteiger partial charge in [-0.2, -0.15) is 0 Å². The minimum absolute atomic E-state index is 0.0275. The summed E-state index contributed by atoms with van der Waals surface area (Å²) < 4.78 is 15.4. The smallest absolute Gasteiger partial charge is 0.339 e. The molecule has 1 unspecified atom stereocenters. The highest BCUT2D eigenvalue weighted by Gasteiger charge is 2.19. The van der Waals surface area contributed by atoms with Gasteiger partial charge in [-0.15, -0.1) is 0 Å². The Morgan fingerprint density at radius 1 is 0.923 bits per heavy atom. The van der Waals surface area contributed by atoms with Gasteiger partial charge in [0.15, 0.2) is 0 Å². The number of para-hydroxylation sites is 1. The molecular formula is C20H20O6. The number of esters is 2. The Balaban J connectivity index is 1.89. The fraction of sp³-hybridized carbons (Fsp3) is 0.200. The van der Waals surface area contributed by atoms with Crippen molar-refractivity contribution < 1.29 is 28.9 Å². The second-order valence-electron chi connectivity index (χ2n) is 5.31. The van der Waals surface area contributed by atoms with E-state index in [1.54, 1.807) is 24.3 Å². The quantitative estimate of drug-likeness (QED) is 0.549. The maximum atomic E-state index is 12.2. The van der Waals surface area contributed by atoms with Crippen molar-refractivity contribution in [2.45, 2.75) is 6.10 Å². The van der Waals surface area contributed by atoms with Crippen molar-refractivity contribution in [3.63, 3.8) is 0 Å². The Kier molecular flexibility index (Phi) is 7.39. The molecule has 0 aliphatic carbocycles. The molecule has 0 heterocycles. The predicted octanol–water partition coefficient (Wildman–Crippen LogP) is 2.63. The van der Waals surface area contributed by atoms with Crippen molar-refractivity contribution in [3.8, 4) is 5.75 Å². The van der Waals surface area contributed by atoms with E-state index in [0.717, 1.165) is 0 Å². The van der Waals surface area contributed by atoms with E-state index in [1.165, 1.54) is 18.2 Å². The summed E-state index contributed by atoms with van der Waals surface area (Å²) in [4.78, 5) is 24.2. The molecule has 0 amide bonds. The third kappa shape index (κ3) is 5.75. The van der Waals surface area contributed by atoms with E-state index in [-0.39, 0.29) is 30.9 Å². The third-order valence-corrected chi connectivity index (χ3v) is 3.29. The zero-order chi connectivity index (χ0) is 18.8. The van der Waals surface area contributed by atoms with E-state index >= 15 is 0 Å². The number of hydrogen-bond donors (Lipinski definition) is 1. The van der Waals surface area contributed by atoms with Crippen LogP contribution in [0.2, 0.25) is 0 Å². The standard InChI is InChI=1S/C20H20O6/c1-2-12-24-19(22)17-10-6-7-11-18(17)20(23)26-14-15(21)13-25-16-8-4-3-5-9-16/h2-11,15,21H,1,12-14H2. The fourth-order valence-corrected chi connectivity index (χ4v) is 2.06. The van der Waals surface area contributed by atoms with Crippen LogP contribution in [0.25, 0.3) is 0 Å². The van der Waals surface area contributed by atoms with Crippen LogP contribution in [0.4, 0.5) is 0 Å². The molecule has 2 aromatic carbocycles. The molecule has 0 radical (unpaired) electrons. The van der Waals surface area contributed by atoms with E-state index in [4.69, 9.17) is 14.2 Å². The Bertz CT molecular complexity index is 741. The maximum Gasteiger partial charge on any atom is 0.339 e. The Morgan fingerprint density at radius 2 is 1.50 bits per heavy atom. The highest BCUT2D eigenvalue weighted by molar-refractivity contribution is 6.03. The van der Waals surface area contributed by atoms with Gasteiger partial charge in [-0.05, 0) is 24.3 Å². The highest BCUT2D eigenvalue weighted by Crippen LogP contribution is 2.13. The van der Waals surface area contributed by atoms with Crippen LogP contribution in [0.3, 0.4) is 0 Å². The second-order valence-corrected chi connectivity index (χ2v) is 5.31. The SMILES string of the molecule is C=CCOC(=O)c1ccccc1C(=O)OCC(O)COc1ccccc1. The zero-order valence-corrected chi connectivity index (χ0v) is 14.2. The van der Waals surface area contributed by atoms with Crippen LogP contribution in [0.1, 0.15) is 20.7 Å². The molecule has 0 fully saturated rings. The largest absolute Gasteiger partial charge is 0.491 e. The van der Waals surface area contributed by atoms with E-state index in [0.29, 0.717) is 5.75 Å². The molecule has 2 rings (SSSR count). The minimum Gasteiger partial charge on any atom is -0.491 e. The first kappa shape index (κ1) is 19.2. The topological polar surface area (TPSA) is 82.1 Å². The summed E-state index contributed by atoms with van der Waals surface area (Å²) in [6, 6.07) is 15.1. The number of rotatable bonds is 9. The number of carbonyl (C=O) groups excluding carboxylic acids is 2. The molecule has 1 atom stereocenters. The molecule has 2 aromatic rings. The summed E-state index contributed by atoms with van der Waals surface area (Å²) in [6.07, 6.45) is 0.432. The molecule has 136 valence electrons. The van der Waals surface area contributed by atoms with Gasteiger partial charge in [0, 0.05) is 0 Å². The lowest BCUT2D eigenvalue weighted by molar-refractivity contribution is 0.0127. The monoisotopic (exact) mass is 356 g/mol. The number of carbonyl (C=O) groups is 2. The zero-order valence-electron chi connectivity index (χ0n) is 14.2. The molecule has 1 N–H and O–H groups in total. The number of aliphatic hydroxyl groups excluding tert-OH is 1. The van der Waals surface area contributed by atoms with Gasteiger partial charge in [0.05, 0.1) is 11.1 Å². The lowest BCUT2D eigenvalue weighted by Gasteiger charge is -2.13. The van der Waals surface area contributed by atoms with E-state index in [9.17, 15) is 14.7 Å². The molecule has 0 saturated heterocycles. The number of hydrogen-bond acceptors (Lipinski definition) is 6. The second kappa shape index (κ2) is 10.0. The predicted molar refractivity (Wildman–Crippen MR) is 95.1 cm³/mol. The molecule has 0 spiro atoms. The molecular weight excluding hydrogens is 336 g/mol. The van der Waals surface area contributed by atoms with Crippen LogP contribution < -0.4 is 4.74 Å². The summed E-state index contributed by atoms with van der Waals surface area (Å²) in [5, 5.41) is 9.90. The molecule has 6 nitrogen and oxygen atoms in total. The first-order valence-corrected chi connectivity index (χ1v) is 8.02. The van der Waals surface area contributed by atoms with Gasteiger partial charge in [-0.3, -0.25) is 0 Å². The van der Waals surface area contributed by atoms with Crippen LogP contribution in [0.15, 0.2) is 67.3 Å². The number of benzene rings is 2. The Morgan fingerprint density at radius 3 is 2.12 bits per heavy atom. The molecule has 0 aliphatic heterocycles. The first-order chi connectivity index (χ1) is 12.6. The van der Waals surface area contributed by atoms with Crippen LogP contribution in [0.5, 0.6) is 5.75 Å². The van der Waals surface area contributed by atoms with Gasteiger partial charge in [0.2, 0.25) is 0 Å². The summed E-state index contributed by atoms with van der Waals surface area (Å²) in [6.45, 7) is 3.21. The Labute approximate surface area is 151 Å². The molecule has 6 heteroatoms. The first-order valence-electron chi connectivity index (χ1n) is 8.02. The average molecular weight is 356 g/mol. The minimum atomic E-state index is -1.00. The normalized spacial score (nSPS) is 11.3.